The summed E-state index contributed by atoms with van der Waals surface area (Å²) in [6, 6.07) is 18.4. The quantitative estimate of drug-likeness (QED) is 0.549. The molecule has 0 saturated heterocycles. The van der Waals surface area contributed by atoms with Crippen molar-refractivity contribution in [2.24, 2.45) is 0 Å². The Bertz CT molecular complexity index is 1170. The minimum atomic E-state index is -3.75. The number of hydrogen-bond donors (Lipinski definition) is 2. The summed E-state index contributed by atoms with van der Waals surface area (Å²) in [4.78, 5) is 12.3. The van der Waals surface area contributed by atoms with E-state index >= 15 is 0 Å². The van der Waals surface area contributed by atoms with Crippen molar-refractivity contribution in [2.45, 2.75) is 18.7 Å². The van der Waals surface area contributed by atoms with E-state index in [1.807, 2.05) is 26.0 Å². The van der Waals surface area contributed by atoms with Crippen LogP contribution in [0.3, 0.4) is 0 Å². The monoisotopic (exact) mass is 440 g/mol. The number of rotatable bonds is 8. The molecule has 162 valence electrons. The van der Waals surface area contributed by atoms with Crippen LogP contribution in [0.4, 0.5) is 11.4 Å². The van der Waals surface area contributed by atoms with Gasteiger partial charge in [-0.05, 0) is 61.9 Å². The van der Waals surface area contributed by atoms with Crippen molar-refractivity contribution in [1.82, 2.24) is 0 Å². The first-order valence-corrected chi connectivity index (χ1v) is 11.0. The normalized spacial score (nSPS) is 10.9. The molecule has 3 rings (SSSR count). The zero-order valence-electron chi connectivity index (χ0n) is 17.5. The summed E-state index contributed by atoms with van der Waals surface area (Å²) in [5, 5.41) is 2.67. The fourth-order valence-corrected chi connectivity index (χ4v) is 4.06. The molecule has 31 heavy (non-hydrogen) atoms. The van der Waals surface area contributed by atoms with Crippen molar-refractivity contribution in [1.29, 1.82) is 0 Å². The molecule has 0 saturated carbocycles. The highest BCUT2D eigenvalue weighted by molar-refractivity contribution is 7.92. The number of carbonyl (C=O) groups is 1. The van der Waals surface area contributed by atoms with Crippen LogP contribution in [0.15, 0.2) is 71.6 Å². The second-order valence-electron chi connectivity index (χ2n) is 6.94. The maximum absolute atomic E-state index is 12.7. The second-order valence-corrected chi connectivity index (χ2v) is 8.62. The molecule has 0 spiro atoms. The first-order chi connectivity index (χ1) is 14.8. The smallest absolute Gasteiger partial charge is 0.262 e. The van der Waals surface area contributed by atoms with Gasteiger partial charge >= 0.3 is 0 Å². The van der Waals surface area contributed by atoms with E-state index in [4.69, 9.17) is 9.47 Å². The van der Waals surface area contributed by atoms with Gasteiger partial charge in [-0.15, -0.1) is 0 Å². The molecular formula is C23H24N2O5S. The van der Waals surface area contributed by atoms with E-state index in [-0.39, 0.29) is 17.4 Å². The van der Waals surface area contributed by atoms with Crippen LogP contribution >= 0.6 is 0 Å². The lowest BCUT2D eigenvalue weighted by atomic mass is 10.1. The van der Waals surface area contributed by atoms with Gasteiger partial charge in [-0.1, -0.05) is 29.8 Å². The molecule has 0 unspecified atom stereocenters. The number of sulfonamides is 1. The molecule has 0 aromatic heterocycles. The Labute approximate surface area is 182 Å². The van der Waals surface area contributed by atoms with Gasteiger partial charge in [0.05, 0.1) is 17.7 Å². The third-order valence-electron chi connectivity index (χ3n) is 4.50. The lowest BCUT2D eigenvalue weighted by molar-refractivity contribution is -0.118. The molecule has 0 aliphatic rings. The van der Waals surface area contributed by atoms with Gasteiger partial charge in [0.25, 0.3) is 15.9 Å². The van der Waals surface area contributed by atoms with Crippen LogP contribution in [-0.2, 0) is 14.8 Å². The van der Waals surface area contributed by atoms with Crippen molar-refractivity contribution in [3.05, 3.63) is 77.9 Å². The van der Waals surface area contributed by atoms with E-state index in [0.717, 1.165) is 11.1 Å². The van der Waals surface area contributed by atoms with E-state index in [1.165, 1.54) is 31.4 Å². The van der Waals surface area contributed by atoms with Gasteiger partial charge in [-0.3, -0.25) is 9.52 Å². The lowest BCUT2D eigenvalue weighted by Crippen LogP contribution is -2.20. The first-order valence-electron chi connectivity index (χ1n) is 9.54. The Morgan fingerprint density at radius 3 is 2.26 bits per heavy atom. The van der Waals surface area contributed by atoms with Gasteiger partial charge in [-0.25, -0.2) is 8.42 Å². The average Bonchev–Trinajstić information content (AvgIpc) is 2.75. The molecule has 0 heterocycles. The molecule has 0 atom stereocenters. The number of anilines is 2. The van der Waals surface area contributed by atoms with Gasteiger partial charge in [0.15, 0.2) is 18.1 Å². The summed E-state index contributed by atoms with van der Waals surface area (Å²) in [6.07, 6.45) is 0. The van der Waals surface area contributed by atoms with E-state index in [2.05, 4.69) is 10.0 Å². The molecule has 3 aromatic carbocycles. The van der Waals surface area contributed by atoms with Crippen molar-refractivity contribution >= 4 is 27.3 Å². The molecule has 3 aromatic rings. The van der Waals surface area contributed by atoms with Crippen LogP contribution < -0.4 is 19.5 Å². The van der Waals surface area contributed by atoms with Crippen LogP contribution in [-0.4, -0.2) is 28.0 Å². The summed E-state index contributed by atoms with van der Waals surface area (Å²) in [5.74, 6) is 0.607. The molecule has 0 aliphatic heterocycles. The number of ether oxygens (including phenoxy) is 2. The number of aryl methyl sites for hydroxylation is 2. The van der Waals surface area contributed by atoms with Crippen molar-refractivity contribution in [3.8, 4) is 11.5 Å². The maximum atomic E-state index is 12.7. The number of nitrogens with one attached hydrogen (secondary N) is 2. The molecule has 2 N–H and O–H groups in total. The fraction of sp³-hybridized carbons (Fsp3) is 0.174. The van der Waals surface area contributed by atoms with Crippen molar-refractivity contribution in [3.63, 3.8) is 0 Å². The Morgan fingerprint density at radius 1 is 0.935 bits per heavy atom. The third-order valence-corrected chi connectivity index (χ3v) is 5.88. The van der Waals surface area contributed by atoms with Gasteiger partial charge < -0.3 is 14.8 Å². The van der Waals surface area contributed by atoms with Gasteiger partial charge in [0.1, 0.15) is 0 Å². The van der Waals surface area contributed by atoms with Gasteiger partial charge in [0.2, 0.25) is 0 Å². The number of carbonyl (C=O) groups excluding carboxylic acids is 1. The number of methoxy groups -OCH3 is 1. The molecule has 0 bridgehead atoms. The molecule has 1 amide bonds. The zero-order valence-corrected chi connectivity index (χ0v) is 18.3. The number of benzene rings is 3. The molecule has 7 nitrogen and oxygen atoms in total. The predicted octanol–water partition coefficient (Wildman–Crippen LogP) is 4.13. The summed E-state index contributed by atoms with van der Waals surface area (Å²) in [5.41, 5.74) is 2.87. The highest BCUT2D eigenvalue weighted by atomic mass is 32.2. The standard InChI is InChI=1S/C23H24N2O5S/c1-16-8-13-20(17(2)14-16)25-31(27,28)19-11-9-18(10-12-19)24-23(26)15-30-22-7-5-4-6-21(22)29-3/h4-14,25H,15H2,1-3H3,(H,24,26). The Balaban J connectivity index is 1.62. The predicted molar refractivity (Wildman–Crippen MR) is 120 cm³/mol. The number of amides is 1. The lowest BCUT2D eigenvalue weighted by Gasteiger charge is -2.12. The topological polar surface area (TPSA) is 93.7 Å². The van der Waals surface area contributed by atoms with Crippen molar-refractivity contribution in [2.75, 3.05) is 23.8 Å². The largest absolute Gasteiger partial charge is 0.493 e. The first kappa shape index (κ1) is 22.2. The van der Waals surface area contributed by atoms with Gasteiger partial charge in [-0.2, -0.15) is 0 Å². The van der Waals surface area contributed by atoms with E-state index < -0.39 is 10.0 Å². The summed E-state index contributed by atoms with van der Waals surface area (Å²) >= 11 is 0. The maximum Gasteiger partial charge on any atom is 0.262 e. The van der Waals surface area contributed by atoms with Crippen LogP contribution in [0, 0.1) is 13.8 Å². The zero-order chi connectivity index (χ0) is 22.4. The highest BCUT2D eigenvalue weighted by Crippen LogP contribution is 2.26. The van der Waals surface area contributed by atoms with Crippen molar-refractivity contribution < 1.29 is 22.7 Å². The minimum absolute atomic E-state index is 0.0933. The molecule has 0 fully saturated rings. The van der Waals surface area contributed by atoms with E-state index in [0.29, 0.717) is 22.9 Å². The van der Waals surface area contributed by atoms with Gasteiger partial charge in [0, 0.05) is 5.69 Å². The van der Waals surface area contributed by atoms with Crippen LogP contribution in [0.2, 0.25) is 0 Å². The number of hydrogen-bond acceptors (Lipinski definition) is 5. The Hall–Kier alpha value is -3.52. The number of para-hydroxylation sites is 2. The fourth-order valence-electron chi connectivity index (χ4n) is 2.93. The molecule has 8 heteroatoms. The molecular weight excluding hydrogens is 416 g/mol. The van der Waals surface area contributed by atoms with Crippen LogP contribution in [0.25, 0.3) is 0 Å². The van der Waals surface area contributed by atoms with E-state index in [1.54, 1.807) is 30.3 Å². The second kappa shape index (κ2) is 9.53. The molecule has 0 aliphatic carbocycles. The van der Waals surface area contributed by atoms with Crippen LogP contribution in [0.5, 0.6) is 11.5 Å². The summed E-state index contributed by atoms with van der Waals surface area (Å²) in [6.45, 7) is 3.57. The summed E-state index contributed by atoms with van der Waals surface area (Å²) < 4.78 is 38.6. The highest BCUT2D eigenvalue weighted by Gasteiger charge is 2.16. The summed E-state index contributed by atoms with van der Waals surface area (Å²) in [7, 11) is -2.23. The SMILES string of the molecule is COc1ccccc1OCC(=O)Nc1ccc(S(=O)(=O)Nc2ccc(C)cc2C)cc1. The average molecular weight is 441 g/mol. The van der Waals surface area contributed by atoms with E-state index in [9.17, 15) is 13.2 Å². The third kappa shape index (κ3) is 5.76. The minimum Gasteiger partial charge on any atom is -0.493 e. The molecule has 0 radical (unpaired) electrons. The Kier molecular flexibility index (Phi) is 6.81. The Morgan fingerprint density at radius 2 is 1.61 bits per heavy atom. The van der Waals surface area contributed by atoms with Crippen LogP contribution in [0.1, 0.15) is 11.1 Å².